The number of carbonyl (C=O) groups is 1. The molecule has 1 heterocycles. The zero-order valence-electron chi connectivity index (χ0n) is 8.91. The highest BCUT2D eigenvalue weighted by Crippen LogP contribution is 2.19. The van der Waals surface area contributed by atoms with Crippen molar-refractivity contribution in [3.8, 4) is 0 Å². The van der Waals surface area contributed by atoms with Gasteiger partial charge in [-0.15, -0.1) is 11.6 Å². The summed E-state index contributed by atoms with van der Waals surface area (Å²) >= 11 is 5.40. The lowest BCUT2D eigenvalue weighted by Gasteiger charge is -2.25. The normalized spacial score (nSPS) is 18.9. The molecule has 0 aliphatic carbocycles. The summed E-state index contributed by atoms with van der Waals surface area (Å²) in [5.74, 6) is -0.146. The highest BCUT2D eigenvalue weighted by Gasteiger charge is 2.18. The zero-order chi connectivity index (χ0) is 11.4. The van der Waals surface area contributed by atoms with Gasteiger partial charge in [-0.3, -0.25) is 4.79 Å². The van der Waals surface area contributed by atoms with Crippen molar-refractivity contribution in [3.05, 3.63) is 35.4 Å². The molecule has 1 aromatic rings. The highest BCUT2D eigenvalue weighted by atomic mass is 35.5. The minimum atomic E-state index is -0.149. The van der Waals surface area contributed by atoms with E-state index in [1.54, 1.807) is 0 Å². The third-order valence-corrected chi connectivity index (χ3v) is 2.93. The number of amides is 1. The summed E-state index contributed by atoms with van der Waals surface area (Å²) in [6.07, 6.45) is 0.903. The Labute approximate surface area is 99.7 Å². The lowest BCUT2D eigenvalue weighted by molar-refractivity contribution is -0.119. The van der Waals surface area contributed by atoms with Crippen LogP contribution in [-0.4, -0.2) is 24.4 Å². The largest absolute Gasteiger partial charge is 0.371 e. The quantitative estimate of drug-likeness (QED) is 0.812. The van der Waals surface area contributed by atoms with E-state index < -0.39 is 0 Å². The molecule has 0 saturated carbocycles. The van der Waals surface area contributed by atoms with Crippen LogP contribution in [0.4, 0.5) is 0 Å². The third-order valence-electron chi connectivity index (χ3n) is 2.69. The molecule has 1 amide bonds. The Bertz CT molecular complexity index is 381. The summed E-state index contributed by atoms with van der Waals surface area (Å²) in [4.78, 5) is 11.0. The monoisotopic (exact) mass is 239 g/mol. The molecule has 16 heavy (non-hydrogen) atoms. The molecule has 0 spiro atoms. The predicted molar refractivity (Wildman–Crippen MR) is 62.5 cm³/mol. The van der Waals surface area contributed by atoms with Gasteiger partial charge in [-0.05, 0) is 11.1 Å². The molecule has 3 nitrogen and oxygen atoms in total. The molecule has 0 bridgehead atoms. The Morgan fingerprint density at radius 1 is 1.44 bits per heavy atom. The topological polar surface area (TPSA) is 38.3 Å². The van der Waals surface area contributed by atoms with Gasteiger partial charge in [-0.25, -0.2) is 0 Å². The van der Waals surface area contributed by atoms with Gasteiger partial charge in [0.05, 0.1) is 12.7 Å². The molecule has 0 aromatic heterocycles. The van der Waals surface area contributed by atoms with Crippen molar-refractivity contribution in [1.29, 1.82) is 0 Å². The summed E-state index contributed by atoms with van der Waals surface area (Å²) in [6, 6.07) is 8.22. The van der Waals surface area contributed by atoms with Crippen LogP contribution in [0.3, 0.4) is 0 Å². The Morgan fingerprint density at radius 3 is 2.94 bits per heavy atom. The lowest BCUT2D eigenvalue weighted by atomic mass is 9.99. The summed E-state index contributed by atoms with van der Waals surface area (Å²) in [6.45, 7) is 1.15. The molecule has 1 atom stereocenters. The fourth-order valence-corrected chi connectivity index (χ4v) is 1.91. The maximum Gasteiger partial charge on any atom is 0.235 e. The van der Waals surface area contributed by atoms with E-state index in [9.17, 15) is 4.79 Å². The first-order chi connectivity index (χ1) is 7.79. The fraction of sp³-hybridized carbons (Fsp3) is 0.417. The van der Waals surface area contributed by atoms with Gasteiger partial charge in [-0.2, -0.15) is 0 Å². The van der Waals surface area contributed by atoms with E-state index in [1.165, 1.54) is 11.1 Å². The van der Waals surface area contributed by atoms with E-state index in [0.29, 0.717) is 13.2 Å². The minimum absolute atomic E-state index is 0.00328. The SMILES string of the molecule is O=C(CCl)NC[C@@H]1Cc2ccccc2CO1. The molecule has 0 fully saturated rings. The molecule has 0 saturated heterocycles. The fourth-order valence-electron chi connectivity index (χ4n) is 1.82. The van der Waals surface area contributed by atoms with Gasteiger partial charge < -0.3 is 10.1 Å². The number of benzene rings is 1. The maximum atomic E-state index is 11.0. The number of nitrogens with one attached hydrogen (secondary N) is 1. The molecule has 1 aromatic carbocycles. The number of hydrogen-bond donors (Lipinski definition) is 1. The summed E-state index contributed by atoms with van der Waals surface area (Å²) in [5.41, 5.74) is 2.54. The second-order valence-electron chi connectivity index (χ2n) is 3.84. The molecule has 2 rings (SSSR count). The van der Waals surface area contributed by atoms with Crippen molar-refractivity contribution in [3.63, 3.8) is 0 Å². The van der Waals surface area contributed by atoms with E-state index in [0.717, 1.165) is 6.42 Å². The first-order valence-electron chi connectivity index (χ1n) is 5.30. The molecule has 1 N–H and O–H groups in total. The molecule has 0 unspecified atom stereocenters. The predicted octanol–water partition coefficient (Wildman–Crippen LogP) is 1.48. The van der Waals surface area contributed by atoms with Crippen LogP contribution in [0.1, 0.15) is 11.1 Å². The van der Waals surface area contributed by atoms with Gasteiger partial charge >= 0.3 is 0 Å². The molecule has 86 valence electrons. The van der Waals surface area contributed by atoms with Crippen LogP contribution in [0.25, 0.3) is 0 Å². The first-order valence-corrected chi connectivity index (χ1v) is 5.84. The second-order valence-corrected chi connectivity index (χ2v) is 4.11. The van der Waals surface area contributed by atoms with Crippen LogP contribution in [0.2, 0.25) is 0 Å². The Hall–Kier alpha value is -1.06. The number of halogens is 1. The van der Waals surface area contributed by atoms with Crippen LogP contribution in [0.5, 0.6) is 0 Å². The van der Waals surface area contributed by atoms with Crippen molar-refractivity contribution in [2.75, 3.05) is 12.4 Å². The Morgan fingerprint density at radius 2 is 2.19 bits per heavy atom. The lowest BCUT2D eigenvalue weighted by Crippen LogP contribution is -2.37. The van der Waals surface area contributed by atoms with Crippen molar-refractivity contribution < 1.29 is 9.53 Å². The molecular formula is C12H14ClNO2. The second kappa shape index (κ2) is 5.32. The molecule has 1 aliphatic rings. The van der Waals surface area contributed by atoms with Gasteiger partial charge in [0.25, 0.3) is 0 Å². The van der Waals surface area contributed by atoms with E-state index in [2.05, 4.69) is 17.4 Å². The van der Waals surface area contributed by atoms with Gasteiger partial charge in [0.1, 0.15) is 5.88 Å². The van der Waals surface area contributed by atoms with Gasteiger partial charge in [0.15, 0.2) is 0 Å². The summed E-state index contributed by atoms with van der Waals surface area (Å²) in [7, 11) is 0. The van der Waals surface area contributed by atoms with Crippen molar-refractivity contribution in [2.24, 2.45) is 0 Å². The summed E-state index contributed by atoms with van der Waals surface area (Å²) < 4.78 is 5.64. The van der Waals surface area contributed by atoms with Crippen LogP contribution in [0, 0.1) is 0 Å². The number of carbonyl (C=O) groups excluding carboxylic acids is 1. The van der Waals surface area contributed by atoms with Crippen molar-refractivity contribution in [2.45, 2.75) is 19.1 Å². The summed E-state index contributed by atoms with van der Waals surface area (Å²) in [5, 5.41) is 2.74. The van der Waals surface area contributed by atoms with Gasteiger partial charge in [0, 0.05) is 13.0 Å². The smallest absolute Gasteiger partial charge is 0.235 e. The van der Waals surface area contributed by atoms with Crippen LogP contribution < -0.4 is 5.32 Å². The number of ether oxygens (including phenoxy) is 1. The van der Waals surface area contributed by atoms with E-state index in [4.69, 9.17) is 16.3 Å². The van der Waals surface area contributed by atoms with Gasteiger partial charge in [0.2, 0.25) is 5.91 Å². The number of hydrogen-bond acceptors (Lipinski definition) is 2. The maximum absolute atomic E-state index is 11.0. The minimum Gasteiger partial charge on any atom is -0.371 e. The highest BCUT2D eigenvalue weighted by molar-refractivity contribution is 6.27. The molecule has 1 aliphatic heterocycles. The average Bonchev–Trinajstić information content (AvgIpc) is 2.35. The molecule has 4 heteroatoms. The third kappa shape index (κ3) is 2.74. The van der Waals surface area contributed by atoms with Crippen LogP contribution in [-0.2, 0) is 22.6 Å². The van der Waals surface area contributed by atoms with E-state index >= 15 is 0 Å². The first kappa shape index (κ1) is 11.4. The number of fused-ring (bicyclic) bond motifs is 1. The van der Waals surface area contributed by atoms with Crippen molar-refractivity contribution in [1.82, 2.24) is 5.32 Å². The van der Waals surface area contributed by atoms with Crippen molar-refractivity contribution >= 4 is 17.5 Å². The molecular weight excluding hydrogens is 226 g/mol. The molecule has 0 radical (unpaired) electrons. The zero-order valence-corrected chi connectivity index (χ0v) is 9.67. The van der Waals surface area contributed by atoms with E-state index in [-0.39, 0.29) is 17.9 Å². The van der Waals surface area contributed by atoms with E-state index in [1.807, 2.05) is 12.1 Å². The van der Waals surface area contributed by atoms with Crippen LogP contribution in [0.15, 0.2) is 24.3 Å². The Kier molecular flexibility index (Phi) is 3.80. The number of rotatable bonds is 3. The van der Waals surface area contributed by atoms with Crippen LogP contribution >= 0.6 is 11.6 Å². The standard InChI is InChI=1S/C12H14ClNO2/c13-6-12(15)14-7-11-5-9-3-1-2-4-10(9)8-16-11/h1-4,11H,5-8H2,(H,14,15)/t11-/m0/s1. The number of alkyl halides is 1. The average molecular weight is 240 g/mol. The van der Waals surface area contributed by atoms with Gasteiger partial charge in [-0.1, -0.05) is 24.3 Å². The Balaban J connectivity index is 1.90.